The fraction of sp³-hybridized carbons (Fsp3) is 0.250. The van der Waals surface area contributed by atoms with Gasteiger partial charge in [-0.15, -0.1) is 0 Å². The maximum absolute atomic E-state index is 13.2. The molecule has 98 valence electrons. The number of fused-ring (bicyclic) bond motifs is 1. The van der Waals surface area contributed by atoms with Crippen molar-refractivity contribution in [2.24, 2.45) is 0 Å². The van der Waals surface area contributed by atoms with Crippen LogP contribution in [-0.2, 0) is 6.42 Å². The summed E-state index contributed by atoms with van der Waals surface area (Å²) in [5.74, 6) is -0.140. The number of hydrogen-bond donors (Lipinski definition) is 1. The van der Waals surface area contributed by atoms with Gasteiger partial charge >= 0.3 is 0 Å². The van der Waals surface area contributed by atoms with Gasteiger partial charge in [0, 0.05) is 10.2 Å². The molecular formula is C16H15BrFN. The molecule has 0 aromatic heterocycles. The molecule has 1 aliphatic carbocycles. The van der Waals surface area contributed by atoms with E-state index >= 15 is 0 Å². The second kappa shape index (κ2) is 4.97. The Balaban J connectivity index is 1.84. The van der Waals surface area contributed by atoms with Gasteiger partial charge in [-0.3, -0.25) is 0 Å². The van der Waals surface area contributed by atoms with Gasteiger partial charge in [0.2, 0.25) is 0 Å². The highest BCUT2D eigenvalue weighted by Gasteiger charge is 2.22. The molecule has 0 bridgehead atoms. The van der Waals surface area contributed by atoms with Crippen LogP contribution in [0.5, 0.6) is 0 Å². The molecule has 0 saturated heterocycles. The zero-order valence-corrected chi connectivity index (χ0v) is 12.3. The third-order valence-corrected chi connectivity index (χ3v) is 4.57. The molecule has 3 heteroatoms. The molecule has 2 aromatic rings. The third kappa shape index (κ3) is 2.52. The lowest BCUT2D eigenvalue weighted by atomic mass is 10.1. The van der Waals surface area contributed by atoms with Crippen LogP contribution in [0, 0.1) is 12.7 Å². The van der Waals surface area contributed by atoms with Crippen LogP contribution in [0.3, 0.4) is 0 Å². The largest absolute Gasteiger partial charge is 0.378 e. The lowest BCUT2D eigenvalue weighted by molar-refractivity contribution is 0.626. The number of anilines is 1. The molecule has 1 aliphatic rings. The highest BCUT2D eigenvalue weighted by molar-refractivity contribution is 9.10. The Morgan fingerprint density at radius 1 is 1.21 bits per heavy atom. The number of nitrogens with one attached hydrogen (secondary N) is 1. The van der Waals surface area contributed by atoms with Crippen LogP contribution in [0.15, 0.2) is 40.9 Å². The van der Waals surface area contributed by atoms with Gasteiger partial charge in [0.1, 0.15) is 5.82 Å². The van der Waals surface area contributed by atoms with Crippen molar-refractivity contribution in [3.8, 4) is 0 Å². The summed E-state index contributed by atoms with van der Waals surface area (Å²) in [5, 5.41) is 3.54. The van der Waals surface area contributed by atoms with Crippen LogP contribution >= 0.6 is 15.9 Å². The van der Waals surface area contributed by atoms with Crippen LogP contribution in [0.25, 0.3) is 0 Å². The van der Waals surface area contributed by atoms with Gasteiger partial charge in [-0.05, 0) is 66.8 Å². The van der Waals surface area contributed by atoms with Crippen LogP contribution < -0.4 is 5.32 Å². The molecule has 0 heterocycles. The third-order valence-electron chi connectivity index (χ3n) is 3.68. The Morgan fingerprint density at radius 2 is 2.05 bits per heavy atom. The van der Waals surface area contributed by atoms with E-state index in [1.54, 1.807) is 12.1 Å². The van der Waals surface area contributed by atoms with E-state index < -0.39 is 0 Å². The zero-order valence-electron chi connectivity index (χ0n) is 10.7. The van der Waals surface area contributed by atoms with E-state index in [0.29, 0.717) is 0 Å². The van der Waals surface area contributed by atoms with Gasteiger partial charge in [-0.2, -0.15) is 0 Å². The molecule has 1 N–H and O–H groups in total. The molecule has 2 aromatic carbocycles. The highest BCUT2D eigenvalue weighted by atomic mass is 79.9. The predicted molar refractivity (Wildman–Crippen MR) is 80.0 cm³/mol. The van der Waals surface area contributed by atoms with E-state index in [1.165, 1.54) is 11.1 Å². The van der Waals surface area contributed by atoms with Gasteiger partial charge in [-0.25, -0.2) is 4.39 Å². The number of halogens is 2. The summed E-state index contributed by atoms with van der Waals surface area (Å²) >= 11 is 3.51. The van der Waals surface area contributed by atoms with E-state index in [1.807, 2.05) is 6.07 Å². The van der Waals surface area contributed by atoms with Crippen molar-refractivity contribution < 1.29 is 4.39 Å². The highest BCUT2D eigenvalue weighted by Crippen LogP contribution is 2.34. The van der Waals surface area contributed by atoms with Crippen LogP contribution in [0.1, 0.15) is 29.2 Å². The van der Waals surface area contributed by atoms with Crippen molar-refractivity contribution in [1.29, 1.82) is 0 Å². The van der Waals surface area contributed by atoms with Gasteiger partial charge in [0.15, 0.2) is 0 Å². The van der Waals surface area contributed by atoms with Crippen molar-refractivity contribution in [3.63, 3.8) is 0 Å². The molecule has 0 radical (unpaired) electrons. The second-order valence-corrected chi connectivity index (χ2v) is 5.90. The SMILES string of the molecule is Cc1cc(NC2CCc3cc(F)ccc32)ccc1Br. The molecule has 1 nitrogen and oxygen atoms in total. The monoisotopic (exact) mass is 319 g/mol. The van der Waals surface area contributed by atoms with Crippen LogP contribution in [-0.4, -0.2) is 0 Å². The Kier molecular flexibility index (Phi) is 3.31. The average molecular weight is 320 g/mol. The molecule has 19 heavy (non-hydrogen) atoms. The smallest absolute Gasteiger partial charge is 0.123 e. The quantitative estimate of drug-likeness (QED) is 0.821. The van der Waals surface area contributed by atoms with Crippen molar-refractivity contribution in [3.05, 3.63) is 63.4 Å². The van der Waals surface area contributed by atoms with Gasteiger partial charge in [0.05, 0.1) is 6.04 Å². The first-order valence-corrected chi connectivity index (χ1v) is 7.24. The summed E-state index contributed by atoms with van der Waals surface area (Å²) < 4.78 is 14.3. The van der Waals surface area contributed by atoms with Crippen LogP contribution in [0.2, 0.25) is 0 Å². The Labute approximate surface area is 121 Å². The second-order valence-electron chi connectivity index (χ2n) is 5.04. The molecule has 1 atom stereocenters. The molecular weight excluding hydrogens is 305 g/mol. The Hall–Kier alpha value is -1.35. The van der Waals surface area contributed by atoms with Crippen molar-refractivity contribution >= 4 is 21.6 Å². The summed E-state index contributed by atoms with van der Waals surface area (Å²) in [5.41, 5.74) is 4.68. The zero-order chi connectivity index (χ0) is 13.4. The summed E-state index contributed by atoms with van der Waals surface area (Å²) in [6.07, 6.45) is 1.97. The van der Waals surface area contributed by atoms with Gasteiger partial charge < -0.3 is 5.32 Å². The molecule has 0 aliphatic heterocycles. The molecule has 0 fully saturated rings. The fourth-order valence-corrected chi connectivity index (χ4v) is 2.92. The van der Waals surface area contributed by atoms with E-state index in [-0.39, 0.29) is 11.9 Å². The van der Waals surface area contributed by atoms with E-state index in [2.05, 4.69) is 46.4 Å². The van der Waals surface area contributed by atoms with Crippen LogP contribution in [0.4, 0.5) is 10.1 Å². The van der Waals surface area contributed by atoms with E-state index in [4.69, 9.17) is 0 Å². The molecule has 0 saturated carbocycles. The molecule has 0 spiro atoms. The number of aryl methyl sites for hydroxylation is 2. The number of hydrogen-bond acceptors (Lipinski definition) is 1. The van der Waals surface area contributed by atoms with Crippen molar-refractivity contribution in [2.75, 3.05) is 5.32 Å². The first kappa shape index (κ1) is 12.7. The normalized spacial score (nSPS) is 17.3. The standard InChI is InChI=1S/C16H15BrFN/c1-10-8-13(4-6-15(10)17)19-16-7-2-11-9-12(18)3-5-14(11)16/h3-6,8-9,16,19H,2,7H2,1H3. The minimum absolute atomic E-state index is 0.140. The summed E-state index contributed by atoms with van der Waals surface area (Å²) in [6, 6.07) is 11.6. The molecule has 1 unspecified atom stereocenters. The van der Waals surface area contributed by atoms with E-state index in [0.717, 1.165) is 28.6 Å². The Bertz CT molecular complexity index is 624. The topological polar surface area (TPSA) is 12.0 Å². The number of benzene rings is 2. The molecule has 0 amide bonds. The minimum atomic E-state index is -0.140. The average Bonchev–Trinajstić information content (AvgIpc) is 2.76. The predicted octanol–water partition coefficient (Wildman–Crippen LogP) is 5.00. The lowest BCUT2D eigenvalue weighted by Crippen LogP contribution is -2.07. The van der Waals surface area contributed by atoms with Gasteiger partial charge in [-0.1, -0.05) is 22.0 Å². The summed E-state index contributed by atoms with van der Waals surface area (Å²) in [7, 11) is 0. The van der Waals surface area contributed by atoms with E-state index in [9.17, 15) is 4.39 Å². The first-order valence-electron chi connectivity index (χ1n) is 6.44. The molecule has 3 rings (SSSR count). The Morgan fingerprint density at radius 3 is 2.84 bits per heavy atom. The first-order chi connectivity index (χ1) is 9.13. The van der Waals surface area contributed by atoms with Crippen molar-refractivity contribution in [1.82, 2.24) is 0 Å². The summed E-state index contributed by atoms with van der Waals surface area (Å²) in [4.78, 5) is 0. The summed E-state index contributed by atoms with van der Waals surface area (Å²) in [6.45, 7) is 2.08. The lowest BCUT2D eigenvalue weighted by Gasteiger charge is -2.16. The number of rotatable bonds is 2. The van der Waals surface area contributed by atoms with Gasteiger partial charge in [0.25, 0.3) is 0 Å². The maximum Gasteiger partial charge on any atom is 0.123 e. The maximum atomic E-state index is 13.2. The minimum Gasteiger partial charge on any atom is -0.378 e. The fourth-order valence-electron chi connectivity index (χ4n) is 2.67. The van der Waals surface area contributed by atoms with Crippen molar-refractivity contribution in [2.45, 2.75) is 25.8 Å².